The summed E-state index contributed by atoms with van der Waals surface area (Å²) >= 11 is 5.88. The van der Waals surface area contributed by atoms with E-state index in [1.165, 1.54) is 12.1 Å². The van der Waals surface area contributed by atoms with Crippen LogP contribution in [0.25, 0.3) is 0 Å². The maximum Gasteiger partial charge on any atom is 0.242 e. The van der Waals surface area contributed by atoms with Gasteiger partial charge in [-0.1, -0.05) is 30.7 Å². The molecule has 8 heteroatoms. The number of hydrogen-bond donors (Lipinski definition) is 1. The lowest BCUT2D eigenvalue weighted by Gasteiger charge is -2.34. The maximum atomic E-state index is 12.2. The zero-order chi connectivity index (χ0) is 16.2. The Balaban J connectivity index is 1.92. The Morgan fingerprint density at radius 1 is 1.23 bits per heavy atom. The molecule has 0 atom stereocenters. The maximum absolute atomic E-state index is 12.2. The number of hydrogen-bond acceptors (Lipinski definition) is 4. The van der Waals surface area contributed by atoms with E-state index in [1.54, 1.807) is 17.0 Å². The van der Waals surface area contributed by atoms with E-state index in [4.69, 9.17) is 11.6 Å². The fourth-order valence-electron chi connectivity index (χ4n) is 2.32. The Morgan fingerprint density at radius 2 is 1.86 bits per heavy atom. The number of nitrogens with zero attached hydrogens (tertiary/aromatic N) is 2. The molecule has 0 radical (unpaired) electrons. The minimum atomic E-state index is -3.78. The predicted molar refractivity (Wildman–Crippen MR) is 85.3 cm³/mol. The summed E-state index contributed by atoms with van der Waals surface area (Å²) < 4.78 is 26.6. The van der Waals surface area contributed by atoms with Crippen LogP contribution >= 0.6 is 11.6 Å². The highest BCUT2D eigenvalue weighted by Gasteiger charge is 2.23. The molecule has 6 nitrogen and oxygen atoms in total. The molecule has 1 heterocycles. The number of carbonyl (C=O) groups excluding carboxylic acids is 1. The first-order chi connectivity index (χ1) is 10.4. The summed E-state index contributed by atoms with van der Waals surface area (Å²) in [5.41, 5.74) is 0. The smallest absolute Gasteiger partial charge is 0.242 e. The molecule has 0 saturated carbocycles. The summed E-state index contributed by atoms with van der Waals surface area (Å²) in [6, 6.07) is 6.16. The molecule has 0 unspecified atom stereocenters. The molecule has 1 aromatic carbocycles. The van der Waals surface area contributed by atoms with E-state index in [1.807, 2.05) is 0 Å². The molecule has 1 saturated heterocycles. The molecule has 1 N–H and O–H groups in total. The van der Waals surface area contributed by atoms with Gasteiger partial charge >= 0.3 is 0 Å². The second kappa shape index (κ2) is 7.41. The van der Waals surface area contributed by atoms with Crippen LogP contribution in [0.4, 0.5) is 0 Å². The van der Waals surface area contributed by atoms with Crippen molar-refractivity contribution in [1.82, 2.24) is 14.5 Å². The van der Waals surface area contributed by atoms with Crippen molar-refractivity contribution in [1.29, 1.82) is 0 Å². The number of amides is 1. The highest BCUT2D eigenvalue weighted by atomic mass is 35.5. The van der Waals surface area contributed by atoms with Crippen molar-refractivity contribution < 1.29 is 13.2 Å². The average Bonchev–Trinajstić information content (AvgIpc) is 2.53. The van der Waals surface area contributed by atoms with Crippen LogP contribution in [-0.4, -0.2) is 63.4 Å². The third kappa shape index (κ3) is 4.19. The Labute approximate surface area is 136 Å². The van der Waals surface area contributed by atoms with Crippen molar-refractivity contribution in [2.45, 2.75) is 11.8 Å². The van der Waals surface area contributed by atoms with E-state index in [0.29, 0.717) is 13.1 Å². The normalized spacial score (nSPS) is 16.7. The molecule has 0 spiro atoms. The number of likely N-dealkylation sites (N-methyl/N-ethyl adjacent to an activating group) is 1. The van der Waals surface area contributed by atoms with Gasteiger partial charge in [-0.15, -0.1) is 0 Å². The van der Waals surface area contributed by atoms with Gasteiger partial charge in [-0.3, -0.25) is 4.79 Å². The summed E-state index contributed by atoms with van der Waals surface area (Å²) in [4.78, 5) is 16.0. The number of carbonyl (C=O) groups is 1. The summed E-state index contributed by atoms with van der Waals surface area (Å²) in [5.74, 6) is -0.216. The number of rotatable bonds is 5. The lowest BCUT2D eigenvalue weighted by Crippen LogP contribution is -2.51. The Bertz CT molecular complexity index is 628. The molecule has 0 aromatic heterocycles. The van der Waals surface area contributed by atoms with Crippen molar-refractivity contribution in [3.05, 3.63) is 29.3 Å². The molecule has 0 aliphatic carbocycles. The number of sulfonamides is 1. The van der Waals surface area contributed by atoms with Crippen LogP contribution in [-0.2, 0) is 14.8 Å². The zero-order valence-corrected chi connectivity index (χ0v) is 14.0. The van der Waals surface area contributed by atoms with Crippen LogP contribution < -0.4 is 4.72 Å². The van der Waals surface area contributed by atoms with Gasteiger partial charge < -0.3 is 9.80 Å². The fourth-order valence-corrected chi connectivity index (χ4v) is 3.81. The molecule has 1 aliphatic rings. The highest BCUT2D eigenvalue weighted by molar-refractivity contribution is 7.89. The first-order valence-electron chi connectivity index (χ1n) is 7.18. The van der Waals surface area contributed by atoms with Gasteiger partial charge in [0.2, 0.25) is 15.9 Å². The SMILES string of the molecule is CCN1CCN(C(=O)CNS(=O)(=O)c2ccccc2Cl)CC1. The first-order valence-corrected chi connectivity index (χ1v) is 9.04. The zero-order valence-electron chi connectivity index (χ0n) is 12.5. The van der Waals surface area contributed by atoms with Crippen LogP contribution in [0.5, 0.6) is 0 Å². The molecule has 1 fully saturated rings. The number of nitrogens with one attached hydrogen (secondary N) is 1. The van der Waals surface area contributed by atoms with Crippen molar-refractivity contribution in [2.24, 2.45) is 0 Å². The van der Waals surface area contributed by atoms with Gasteiger partial charge in [-0.2, -0.15) is 0 Å². The highest BCUT2D eigenvalue weighted by Crippen LogP contribution is 2.19. The van der Waals surface area contributed by atoms with Crippen molar-refractivity contribution in [3.63, 3.8) is 0 Å². The lowest BCUT2D eigenvalue weighted by molar-refractivity contribution is -0.131. The van der Waals surface area contributed by atoms with Gasteiger partial charge in [-0.05, 0) is 18.7 Å². The van der Waals surface area contributed by atoms with E-state index >= 15 is 0 Å². The number of halogens is 1. The van der Waals surface area contributed by atoms with Crippen molar-refractivity contribution >= 4 is 27.5 Å². The monoisotopic (exact) mass is 345 g/mol. The molecular formula is C14H20ClN3O3S. The first kappa shape index (κ1) is 17.2. The molecular weight excluding hydrogens is 326 g/mol. The topological polar surface area (TPSA) is 69.7 Å². The Morgan fingerprint density at radius 3 is 2.45 bits per heavy atom. The quantitative estimate of drug-likeness (QED) is 0.856. The van der Waals surface area contributed by atoms with E-state index in [2.05, 4.69) is 16.5 Å². The Kier molecular flexibility index (Phi) is 5.80. The minimum Gasteiger partial charge on any atom is -0.339 e. The van der Waals surface area contributed by atoms with Crippen LogP contribution in [0, 0.1) is 0 Å². The van der Waals surface area contributed by atoms with E-state index in [-0.39, 0.29) is 22.4 Å². The van der Waals surface area contributed by atoms with Crippen molar-refractivity contribution in [3.8, 4) is 0 Å². The molecule has 22 heavy (non-hydrogen) atoms. The Hall–Kier alpha value is -1.15. The summed E-state index contributed by atoms with van der Waals surface area (Å²) in [6.45, 7) is 5.68. The summed E-state index contributed by atoms with van der Waals surface area (Å²) in [6.07, 6.45) is 0. The molecule has 122 valence electrons. The van der Waals surface area contributed by atoms with Crippen LogP contribution in [0.3, 0.4) is 0 Å². The molecule has 1 amide bonds. The number of piperazine rings is 1. The third-order valence-corrected chi connectivity index (χ3v) is 5.61. The summed E-state index contributed by atoms with van der Waals surface area (Å²) in [5, 5.41) is 0.138. The molecule has 2 rings (SSSR count). The van der Waals surface area contributed by atoms with Gasteiger partial charge in [-0.25, -0.2) is 13.1 Å². The van der Waals surface area contributed by atoms with Crippen LogP contribution in [0.15, 0.2) is 29.2 Å². The summed E-state index contributed by atoms with van der Waals surface area (Å²) in [7, 11) is -3.78. The third-order valence-electron chi connectivity index (χ3n) is 3.71. The largest absolute Gasteiger partial charge is 0.339 e. The van der Waals surface area contributed by atoms with Crippen molar-refractivity contribution in [2.75, 3.05) is 39.3 Å². The van der Waals surface area contributed by atoms with E-state index < -0.39 is 10.0 Å². The fraction of sp³-hybridized carbons (Fsp3) is 0.500. The van der Waals surface area contributed by atoms with Gasteiger partial charge in [0, 0.05) is 26.2 Å². The standard InChI is InChI=1S/C14H20ClN3O3S/c1-2-17-7-9-18(10-8-17)14(19)11-16-22(20,21)13-6-4-3-5-12(13)15/h3-6,16H,2,7-11H2,1H3. The molecule has 1 aromatic rings. The van der Waals surface area contributed by atoms with Gasteiger partial charge in [0.05, 0.1) is 11.6 Å². The number of benzene rings is 1. The lowest BCUT2D eigenvalue weighted by atomic mass is 10.3. The van der Waals surface area contributed by atoms with E-state index in [0.717, 1.165) is 19.6 Å². The van der Waals surface area contributed by atoms with Crippen LogP contribution in [0.1, 0.15) is 6.92 Å². The van der Waals surface area contributed by atoms with Gasteiger partial charge in [0.15, 0.2) is 0 Å². The average molecular weight is 346 g/mol. The second-order valence-corrected chi connectivity index (χ2v) is 7.21. The predicted octanol–water partition coefficient (Wildman–Crippen LogP) is 0.782. The van der Waals surface area contributed by atoms with E-state index in [9.17, 15) is 13.2 Å². The second-order valence-electron chi connectivity index (χ2n) is 5.07. The molecule has 0 bridgehead atoms. The van der Waals surface area contributed by atoms with Gasteiger partial charge in [0.1, 0.15) is 4.90 Å². The minimum absolute atomic E-state index is 0.0136. The van der Waals surface area contributed by atoms with Crippen LogP contribution in [0.2, 0.25) is 5.02 Å². The van der Waals surface area contributed by atoms with Gasteiger partial charge in [0.25, 0.3) is 0 Å². The molecule has 1 aliphatic heterocycles.